The van der Waals surface area contributed by atoms with Crippen molar-refractivity contribution in [3.8, 4) is 0 Å². The molecule has 1 aromatic rings. The largest absolute Gasteiger partial charge is 0.481 e. The van der Waals surface area contributed by atoms with Crippen LogP contribution < -0.4 is 0 Å². The van der Waals surface area contributed by atoms with Gasteiger partial charge in [-0.2, -0.15) is 11.8 Å². The highest BCUT2D eigenvalue weighted by Crippen LogP contribution is 2.24. The molecule has 0 bridgehead atoms. The van der Waals surface area contributed by atoms with Gasteiger partial charge in [0.05, 0.1) is 17.4 Å². The third-order valence-corrected chi connectivity index (χ3v) is 4.64. The number of aliphatic carboxylic acids is 1. The standard InChI is InChI=1S/C14H16N2O5S/c1-9-2-3-10(6-12(9)16(20)21)14(19)15-4-5-22-8-11(15)7-13(17)18/h2-3,6,11H,4-5,7-8H2,1H3,(H,17,18). The minimum atomic E-state index is -0.958. The normalized spacial score (nSPS) is 18.0. The van der Waals surface area contributed by atoms with Crippen molar-refractivity contribution in [3.05, 3.63) is 39.4 Å². The highest BCUT2D eigenvalue weighted by Gasteiger charge is 2.30. The molecule has 1 N–H and O–H groups in total. The number of nitro benzene ring substituents is 1. The van der Waals surface area contributed by atoms with Crippen molar-refractivity contribution in [2.75, 3.05) is 18.1 Å². The predicted octanol–water partition coefficient (Wildman–Crippen LogP) is 1.94. The SMILES string of the molecule is Cc1ccc(C(=O)N2CCSCC2CC(=O)O)cc1[N+](=O)[O-]. The van der Waals surface area contributed by atoms with Crippen LogP contribution in [0.4, 0.5) is 5.69 Å². The Balaban J connectivity index is 2.27. The summed E-state index contributed by atoms with van der Waals surface area (Å²) in [5.41, 5.74) is 0.601. The lowest BCUT2D eigenvalue weighted by Crippen LogP contribution is -2.47. The van der Waals surface area contributed by atoms with Crippen molar-refractivity contribution < 1.29 is 19.6 Å². The van der Waals surface area contributed by atoms with Crippen molar-refractivity contribution in [3.63, 3.8) is 0 Å². The van der Waals surface area contributed by atoms with E-state index in [4.69, 9.17) is 5.11 Å². The Kier molecular flexibility index (Phi) is 5.02. The lowest BCUT2D eigenvalue weighted by atomic mass is 10.1. The molecule has 0 aliphatic carbocycles. The minimum absolute atomic E-state index is 0.105. The molecule has 1 amide bonds. The first-order chi connectivity index (χ1) is 10.4. The Hall–Kier alpha value is -2.09. The fourth-order valence-corrected chi connectivity index (χ4v) is 3.46. The number of hydrogen-bond acceptors (Lipinski definition) is 5. The van der Waals surface area contributed by atoms with E-state index in [9.17, 15) is 19.7 Å². The summed E-state index contributed by atoms with van der Waals surface area (Å²) in [4.78, 5) is 35.5. The smallest absolute Gasteiger partial charge is 0.305 e. The molecular formula is C14H16N2O5S. The monoisotopic (exact) mass is 324 g/mol. The van der Waals surface area contributed by atoms with Gasteiger partial charge in [0.1, 0.15) is 0 Å². The van der Waals surface area contributed by atoms with Gasteiger partial charge in [0.2, 0.25) is 0 Å². The van der Waals surface area contributed by atoms with Crippen molar-refractivity contribution in [1.29, 1.82) is 0 Å². The van der Waals surface area contributed by atoms with Crippen molar-refractivity contribution in [2.45, 2.75) is 19.4 Å². The van der Waals surface area contributed by atoms with Crippen LogP contribution >= 0.6 is 11.8 Å². The number of carboxylic acids is 1. The molecule has 1 unspecified atom stereocenters. The number of hydrogen-bond donors (Lipinski definition) is 1. The van der Waals surface area contributed by atoms with Crippen LogP contribution in [0.2, 0.25) is 0 Å². The fourth-order valence-electron chi connectivity index (χ4n) is 2.40. The summed E-state index contributed by atoms with van der Waals surface area (Å²) in [6.07, 6.45) is -0.118. The lowest BCUT2D eigenvalue weighted by Gasteiger charge is -2.34. The van der Waals surface area contributed by atoms with Crippen LogP contribution in [0.15, 0.2) is 18.2 Å². The van der Waals surface area contributed by atoms with E-state index < -0.39 is 10.9 Å². The maximum atomic E-state index is 12.6. The van der Waals surface area contributed by atoms with Gasteiger partial charge in [0, 0.05) is 35.2 Å². The van der Waals surface area contributed by atoms with Gasteiger partial charge in [-0.3, -0.25) is 19.7 Å². The highest BCUT2D eigenvalue weighted by atomic mass is 32.2. The average Bonchev–Trinajstić information content (AvgIpc) is 2.46. The first kappa shape index (κ1) is 16.3. The summed E-state index contributed by atoms with van der Waals surface area (Å²) in [7, 11) is 0. The Morgan fingerprint density at radius 2 is 2.23 bits per heavy atom. The summed E-state index contributed by atoms with van der Waals surface area (Å²) in [6.45, 7) is 2.06. The molecule has 118 valence electrons. The summed E-state index contributed by atoms with van der Waals surface area (Å²) < 4.78 is 0. The molecule has 1 heterocycles. The second-order valence-corrected chi connectivity index (χ2v) is 6.23. The van der Waals surface area contributed by atoms with E-state index in [1.54, 1.807) is 24.8 Å². The van der Waals surface area contributed by atoms with Crippen LogP contribution in [0.1, 0.15) is 22.3 Å². The Labute approximate surface area is 131 Å². The maximum Gasteiger partial charge on any atom is 0.305 e. The van der Waals surface area contributed by atoms with E-state index in [0.717, 1.165) is 5.75 Å². The third-order valence-electron chi connectivity index (χ3n) is 3.55. The Bertz CT molecular complexity index is 619. The van der Waals surface area contributed by atoms with Crippen LogP contribution in [0.5, 0.6) is 0 Å². The van der Waals surface area contributed by atoms with Crippen molar-refractivity contribution in [1.82, 2.24) is 4.90 Å². The van der Waals surface area contributed by atoms with E-state index in [2.05, 4.69) is 0 Å². The van der Waals surface area contributed by atoms with Gasteiger partial charge in [0.15, 0.2) is 0 Å². The fraction of sp³-hybridized carbons (Fsp3) is 0.429. The molecule has 1 fully saturated rings. The molecule has 1 atom stereocenters. The number of nitrogens with zero attached hydrogens (tertiary/aromatic N) is 2. The van der Waals surface area contributed by atoms with Gasteiger partial charge >= 0.3 is 5.97 Å². The number of carbonyl (C=O) groups excluding carboxylic acids is 1. The zero-order chi connectivity index (χ0) is 16.3. The lowest BCUT2D eigenvalue weighted by molar-refractivity contribution is -0.385. The zero-order valence-electron chi connectivity index (χ0n) is 12.0. The zero-order valence-corrected chi connectivity index (χ0v) is 12.8. The van der Waals surface area contributed by atoms with Crippen LogP contribution in [0.25, 0.3) is 0 Å². The molecule has 22 heavy (non-hydrogen) atoms. The van der Waals surface area contributed by atoms with Gasteiger partial charge in [-0.1, -0.05) is 6.07 Å². The molecule has 1 aromatic carbocycles. The topological polar surface area (TPSA) is 101 Å². The number of nitro groups is 1. The van der Waals surface area contributed by atoms with Crippen LogP contribution in [0.3, 0.4) is 0 Å². The Morgan fingerprint density at radius 3 is 2.86 bits per heavy atom. The molecule has 8 heteroatoms. The van der Waals surface area contributed by atoms with Crippen LogP contribution in [-0.2, 0) is 4.79 Å². The minimum Gasteiger partial charge on any atom is -0.481 e. The second-order valence-electron chi connectivity index (χ2n) is 5.08. The highest BCUT2D eigenvalue weighted by molar-refractivity contribution is 7.99. The number of carboxylic acid groups (broad SMARTS) is 1. The number of carbonyl (C=O) groups is 2. The molecule has 0 aromatic heterocycles. The third kappa shape index (κ3) is 3.56. The quantitative estimate of drug-likeness (QED) is 0.671. The van der Waals surface area contributed by atoms with E-state index in [-0.39, 0.29) is 29.6 Å². The van der Waals surface area contributed by atoms with Crippen LogP contribution in [0, 0.1) is 17.0 Å². The average molecular weight is 324 g/mol. The molecular weight excluding hydrogens is 308 g/mol. The number of amides is 1. The van der Waals surface area contributed by atoms with Crippen molar-refractivity contribution >= 4 is 29.3 Å². The van der Waals surface area contributed by atoms with E-state index >= 15 is 0 Å². The van der Waals surface area contributed by atoms with Gasteiger partial charge in [-0.15, -0.1) is 0 Å². The van der Waals surface area contributed by atoms with Gasteiger partial charge in [-0.25, -0.2) is 0 Å². The van der Waals surface area contributed by atoms with E-state index in [1.165, 1.54) is 17.0 Å². The summed E-state index contributed by atoms with van der Waals surface area (Å²) in [5, 5.41) is 19.9. The molecule has 1 aliphatic heterocycles. The summed E-state index contributed by atoms with van der Waals surface area (Å²) in [5.74, 6) is -0.0169. The molecule has 1 saturated heterocycles. The molecule has 0 saturated carbocycles. The number of thioether (sulfide) groups is 1. The number of benzene rings is 1. The molecule has 2 rings (SSSR count). The first-order valence-electron chi connectivity index (χ1n) is 6.75. The first-order valence-corrected chi connectivity index (χ1v) is 7.91. The molecule has 1 aliphatic rings. The predicted molar refractivity (Wildman–Crippen MR) is 82.2 cm³/mol. The molecule has 0 radical (unpaired) electrons. The van der Waals surface area contributed by atoms with Gasteiger partial charge in [-0.05, 0) is 13.0 Å². The maximum absolute atomic E-state index is 12.6. The molecule has 0 spiro atoms. The number of aryl methyl sites for hydroxylation is 1. The van der Waals surface area contributed by atoms with Gasteiger partial charge < -0.3 is 10.0 Å². The molecule has 7 nitrogen and oxygen atoms in total. The summed E-state index contributed by atoms with van der Waals surface area (Å²) >= 11 is 1.61. The van der Waals surface area contributed by atoms with E-state index in [1.807, 2.05) is 0 Å². The van der Waals surface area contributed by atoms with E-state index in [0.29, 0.717) is 17.9 Å². The number of rotatable bonds is 4. The Morgan fingerprint density at radius 1 is 1.50 bits per heavy atom. The van der Waals surface area contributed by atoms with Gasteiger partial charge in [0.25, 0.3) is 11.6 Å². The summed E-state index contributed by atoms with van der Waals surface area (Å²) in [6, 6.07) is 3.96. The second kappa shape index (κ2) is 6.78. The van der Waals surface area contributed by atoms with Crippen molar-refractivity contribution in [2.24, 2.45) is 0 Å². The van der Waals surface area contributed by atoms with Crippen LogP contribution in [-0.4, -0.2) is 50.9 Å².